The molecule has 23 heavy (non-hydrogen) atoms. The van der Waals surface area contributed by atoms with E-state index < -0.39 is 25.9 Å². The average Bonchev–Trinajstić information content (AvgIpc) is 3.01. The third kappa shape index (κ3) is 3.76. The summed E-state index contributed by atoms with van der Waals surface area (Å²) in [6.45, 7) is 10.1. The van der Waals surface area contributed by atoms with Crippen molar-refractivity contribution in [3.8, 4) is 0 Å². The Bertz CT molecular complexity index is 467. The van der Waals surface area contributed by atoms with Crippen LogP contribution in [0.4, 0.5) is 0 Å². The second kappa shape index (κ2) is 6.30. The molecule has 3 aliphatic heterocycles. The third-order valence-electron chi connectivity index (χ3n) is 4.25. The van der Waals surface area contributed by atoms with Gasteiger partial charge in [0.2, 0.25) is 0 Å². The number of hydrogen-bond donors (Lipinski definition) is 0. The molecule has 0 aliphatic carbocycles. The fourth-order valence-corrected chi connectivity index (χ4v) is 4.57. The smallest absolute Gasteiger partial charge is 0.348 e. The maximum Gasteiger partial charge on any atom is 0.508 e. The predicted octanol–water partition coefficient (Wildman–Crippen LogP) is 2.41. The normalized spacial score (nSPS) is 42.0. The van der Waals surface area contributed by atoms with Gasteiger partial charge >= 0.3 is 8.03 Å². The van der Waals surface area contributed by atoms with Crippen molar-refractivity contribution in [1.29, 1.82) is 0 Å². The Balaban J connectivity index is 1.75. The molecule has 7 nitrogen and oxygen atoms in total. The van der Waals surface area contributed by atoms with Crippen molar-refractivity contribution < 1.29 is 32.8 Å². The lowest BCUT2D eigenvalue weighted by Gasteiger charge is -2.27. The molecule has 3 heterocycles. The van der Waals surface area contributed by atoms with Gasteiger partial charge in [0, 0.05) is 0 Å². The van der Waals surface area contributed by atoms with Crippen LogP contribution in [0.1, 0.15) is 34.6 Å². The van der Waals surface area contributed by atoms with Crippen LogP contribution in [0.5, 0.6) is 0 Å². The highest BCUT2D eigenvalue weighted by molar-refractivity contribution is 7.39. The summed E-state index contributed by atoms with van der Waals surface area (Å²) >= 11 is 0. The third-order valence-corrected chi connectivity index (χ3v) is 5.52. The van der Waals surface area contributed by atoms with Crippen LogP contribution in [0, 0.1) is 5.92 Å². The minimum absolute atomic E-state index is 0.126. The van der Waals surface area contributed by atoms with Crippen LogP contribution >= 0.6 is 8.03 Å². The monoisotopic (exact) mass is 349 g/mol. The molecule has 0 saturated carbocycles. The molecule has 0 amide bonds. The van der Waals surface area contributed by atoms with Gasteiger partial charge in [-0.15, -0.1) is 4.52 Å². The van der Waals surface area contributed by atoms with E-state index in [9.17, 15) is 4.57 Å². The molecule has 0 bridgehead atoms. The van der Waals surface area contributed by atoms with Crippen molar-refractivity contribution in [2.24, 2.45) is 5.92 Å². The van der Waals surface area contributed by atoms with Gasteiger partial charge in [-0.3, -0.25) is 0 Å². The number of rotatable bonds is 5. The highest BCUT2D eigenvalue weighted by Crippen LogP contribution is 2.46. The van der Waals surface area contributed by atoms with E-state index in [1.54, 1.807) is 0 Å². The number of ether oxygens (including phenoxy) is 5. The summed E-state index contributed by atoms with van der Waals surface area (Å²) in [5.74, 6) is -1.47. The highest BCUT2D eigenvalue weighted by atomic mass is 31.1. The Labute approximate surface area is 137 Å². The Morgan fingerprint density at radius 2 is 1.83 bits per heavy atom. The summed E-state index contributed by atoms with van der Waals surface area (Å²) in [5, 5.41) is 0. The minimum Gasteiger partial charge on any atom is -0.348 e. The van der Waals surface area contributed by atoms with Crippen LogP contribution in [0.15, 0.2) is 0 Å². The molecule has 0 aromatic heterocycles. The van der Waals surface area contributed by atoms with Crippen LogP contribution in [0.2, 0.25) is 0 Å². The second-order valence-corrected chi connectivity index (χ2v) is 8.32. The lowest BCUT2D eigenvalue weighted by molar-refractivity contribution is -0.226. The van der Waals surface area contributed by atoms with E-state index in [0.29, 0.717) is 19.4 Å². The first-order chi connectivity index (χ1) is 10.7. The molecular formula is C15H26O7P+. The summed E-state index contributed by atoms with van der Waals surface area (Å²) in [7, 11) is -1.77. The summed E-state index contributed by atoms with van der Waals surface area (Å²) in [4.78, 5) is 0. The zero-order chi connectivity index (χ0) is 16.8. The van der Waals surface area contributed by atoms with Gasteiger partial charge in [-0.25, -0.2) is 0 Å². The average molecular weight is 349 g/mol. The van der Waals surface area contributed by atoms with Gasteiger partial charge in [0.25, 0.3) is 0 Å². The van der Waals surface area contributed by atoms with Crippen molar-refractivity contribution in [3.05, 3.63) is 0 Å². The van der Waals surface area contributed by atoms with Gasteiger partial charge in [0.05, 0.1) is 25.2 Å². The molecule has 3 rings (SSSR count). The summed E-state index contributed by atoms with van der Waals surface area (Å²) in [5.41, 5.74) is 0. The van der Waals surface area contributed by atoms with Crippen LogP contribution in [0.3, 0.4) is 0 Å². The first-order valence-corrected chi connectivity index (χ1v) is 9.47. The summed E-state index contributed by atoms with van der Waals surface area (Å²) in [6, 6.07) is 0. The first kappa shape index (κ1) is 17.7. The van der Waals surface area contributed by atoms with Crippen molar-refractivity contribution in [2.45, 2.75) is 70.8 Å². The first-order valence-electron chi connectivity index (χ1n) is 8.11. The standard InChI is InChI=1S/C15H26O7P/c1-6-18-23(16)8-9-11(10-7-17-14(2,3)20-10)19-13-12(9)21-15(4,5)22-13/h9-13H,6-8H2,1-5H3/q+1/t9-,10-,11+,12-,13-/m1/s1. The molecule has 3 fully saturated rings. The summed E-state index contributed by atoms with van der Waals surface area (Å²) in [6.07, 6.45) is -0.920. The molecule has 6 atom stereocenters. The molecule has 8 heteroatoms. The maximum absolute atomic E-state index is 12.1. The van der Waals surface area contributed by atoms with E-state index in [2.05, 4.69) is 0 Å². The SMILES string of the molecule is CCO[P+](=O)C[C@H]1[C@H]2OC(C)(C)O[C@H]2O[C@@H]1[C@H]1COC(C)(C)O1. The van der Waals surface area contributed by atoms with Crippen LogP contribution < -0.4 is 0 Å². The van der Waals surface area contributed by atoms with Gasteiger partial charge < -0.3 is 23.7 Å². The fourth-order valence-electron chi connectivity index (χ4n) is 3.41. The maximum atomic E-state index is 12.1. The molecule has 0 N–H and O–H groups in total. The zero-order valence-corrected chi connectivity index (χ0v) is 15.2. The second-order valence-electron chi connectivity index (χ2n) is 7.03. The topological polar surface area (TPSA) is 72.5 Å². The number of hydrogen-bond acceptors (Lipinski definition) is 7. The fraction of sp³-hybridized carbons (Fsp3) is 1.00. The van der Waals surface area contributed by atoms with Crippen LogP contribution in [0.25, 0.3) is 0 Å². The van der Waals surface area contributed by atoms with Crippen molar-refractivity contribution in [1.82, 2.24) is 0 Å². The summed E-state index contributed by atoms with van der Waals surface area (Å²) < 4.78 is 46.8. The Morgan fingerprint density at radius 1 is 1.09 bits per heavy atom. The van der Waals surface area contributed by atoms with Gasteiger partial charge in [-0.1, -0.05) is 0 Å². The van der Waals surface area contributed by atoms with Crippen LogP contribution in [-0.4, -0.2) is 55.6 Å². The van der Waals surface area contributed by atoms with Gasteiger partial charge in [0.1, 0.15) is 12.2 Å². The molecule has 3 saturated heterocycles. The van der Waals surface area contributed by atoms with E-state index in [-0.39, 0.29) is 24.2 Å². The molecule has 1 unspecified atom stereocenters. The van der Waals surface area contributed by atoms with Crippen molar-refractivity contribution in [3.63, 3.8) is 0 Å². The van der Waals surface area contributed by atoms with E-state index in [1.807, 2.05) is 34.6 Å². The Kier molecular flexibility index (Phi) is 4.84. The molecule has 3 aliphatic rings. The van der Waals surface area contributed by atoms with E-state index in [4.69, 9.17) is 28.2 Å². The number of fused-ring (bicyclic) bond motifs is 1. The molecule has 0 radical (unpaired) electrons. The highest BCUT2D eigenvalue weighted by Gasteiger charge is 2.60. The zero-order valence-electron chi connectivity index (χ0n) is 14.3. The largest absolute Gasteiger partial charge is 0.508 e. The molecule has 0 aromatic rings. The molecule has 0 spiro atoms. The molecular weight excluding hydrogens is 323 g/mol. The minimum atomic E-state index is -1.77. The Hall–Kier alpha value is -0.140. The van der Waals surface area contributed by atoms with Crippen molar-refractivity contribution >= 4 is 8.03 Å². The van der Waals surface area contributed by atoms with Gasteiger partial charge in [-0.2, -0.15) is 0 Å². The predicted molar refractivity (Wildman–Crippen MR) is 81.2 cm³/mol. The van der Waals surface area contributed by atoms with Gasteiger partial charge in [0.15, 0.2) is 24.0 Å². The van der Waals surface area contributed by atoms with Crippen LogP contribution in [-0.2, 0) is 32.8 Å². The van der Waals surface area contributed by atoms with Crippen molar-refractivity contribution in [2.75, 3.05) is 19.4 Å². The lowest BCUT2D eigenvalue weighted by Crippen LogP contribution is -2.40. The quantitative estimate of drug-likeness (QED) is 0.706. The lowest BCUT2D eigenvalue weighted by atomic mass is 9.97. The van der Waals surface area contributed by atoms with E-state index in [1.165, 1.54) is 0 Å². The van der Waals surface area contributed by atoms with Gasteiger partial charge in [-0.05, 0) is 39.2 Å². The molecule has 132 valence electrons. The van der Waals surface area contributed by atoms with E-state index in [0.717, 1.165) is 0 Å². The molecule has 0 aromatic carbocycles. The van der Waals surface area contributed by atoms with E-state index >= 15 is 0 Å². The Morgan fingerprint density at radius 3 is 2.43 bits per heavy atom.